The molecule has 0 atom stereocenters. The first-order valence-corrected chi connectivity index (χ1v) is 4.59. The van der Waals surface area contributed by atoms with E-state index in [1.165, 1.54) is 18.2 Å². The van der Waals surface area contributed by atoms with Crippen molar-refractivity contribution >= 4 is 23.3 Å². The lowest BCUT2D eigenvalue weighted by Crippen LogP contribution is -2.24. The highest BCUT2D eigenvalue weighted by Gasteiger charge is 2.13. The molecule has 0 saturated carbocycles. The van der Waals surface area contributed by atoms with Gasteiger partial charge in [-0.25, -0.2) is 0 Å². The van der Waals surface area contributed by atoms with Crippen LogP contribution in [0.5, 0.6) is 5.75 Å². The van der Waals surface area contributed by atoms with Gasteiger partial charge >= 0.3 is 5.97 Å². The minimum atomic E-state index is -1.11. The molecule has 0 aromatic heterocycles. The van der Waals surface area contributed by atoms with E-state index in [4.69, 9.17) is 16.2 Å². The Balaban J connectivity index is 3.07. The molecule has 1 aromatic rings. The van der Waals surface area contributed by atoms with Crippen LogP contribution in [0, 0.1) is 5.41 Å². The fraction of sp³-hybridized carbons (Fsp3) is 0.100. The van der Waals surface area contributed by atoms with Crippen LogP contribution in [-0.2, 0) is 9.59 Å². The number of aromatic hydroxyl groups is 1. The average molecular weight is 237 g/mol. The smallest absolute Gasteiger partial charge is 0.322 e. The molecule has 0 aliphatic heterocycles. The molecule has 0 bridgehead atoms. The highest BCUT2D eigenvalue weighted by molar-refractivity contribution is 6.44. The number of carboxylic acids is 1. The molecule has 0 radical (unpaired) electrons. The second-order valence-electron chi connectivity index (χ2n) is 3.22. The van der Waals surface area contributed by atoms with Gasteiger partial charge in [0.25, 0.3) is 5.91 Å². The molecule has 7 heteroatoms. The molecule has 0 unspecified atom stereocenters. The first-order chi connectivity index (χ1) is 7.91. The van der Waals surface area contributed by atoms with Crippen molar-refractivity contribution in [3.63, 3.8) is 0 Å². The van der Waals surface area contributed by atoms with Crippen LogP contribution in [0.25, 0.3) is 0 Å². The normalized spacial score (nSPS) is 9.65. The van der Waals surface area contributed by atoms with Gasteiger partial charge in [0.15, 0.2) is 0 Å². The van der Waals surface area contributed by atoms with E-state index in [0.717, 1.165) is 0 Å². The Morgan fingerprint density at radius 2 is 2.06 bits per heavy atom. The summed E-state index contributed by atoms with van der Waals surface area (Å²) in [4.78, 5) is 21.3. The van der Waals surface area contributed by atoms with Gasteiger partial charge in [-0.15, -0.1) is 0 Å². The topological polar surface area (TPSA) is 136 Å². The van der Waals surface area contributed by atoms with Crippen LogP contribution >= 0.6 is 0 Å². The molecule has 0 saturated heterocycles. The average Bonchev–Trinajstić information content (AvgIpc) is 2.25. The number of carboxylic acid groups (broad SMARTS) is 1. The summed E-state index contributed by atoms with van der Waals surface area (Å²) in [6.07, 6.45) is 0. The van der Waals surface area contributed by atoms with Crippen molar-refractivity contribution in [1.29, 1.82) is 5.41 Å². The molecule has 1 amide bonds. The lowest BCUT2D eigenvalue weighted by molar-refractivity contribution is -0.134. The van der Waals surface area contributed by atoms with E-state index in [-0.39, 0.29) is 17.0 Å². The predicted octanol–water partition coefficient (Wildman–Crippen LogP) is -0.258. The lowest BCUT2D eigenvalue weighted by Gasteiger charge is -2.10. The van der Waals surface area contributed by atoms with Gasteiger partial charge in [-0.2, -0.15) is 0 Å². The van der Waals surface area contributed by atoms with Gasteiger partial charge in [0.1, 0.15) is 18.0 Å². The highest BCUT2D eigenvalue weighted by Crippen LogP contribution is 2.21. The maximum Gasteiger partial charge on any atom is 0.322 e. The van der Waals surface area contributed by atoms with Crippen molar-refractivity contribution < 1.29 is 19.8 Å². The number of primary amides is 1. The van der Waals surface area contributed by atoms with Crippen molar-refractivity contribution in [2.45, 2.75) is 0 Å². The first kappa shape index (κ1) is 12.5. The summed E-state index contributed by atoms with van der Waals surface area (Å²) in [6, 6.07) is 3.81. The van der Waals surface area contributed by atoms with Crippen molar-refractivity contribution in [3.05, 3.63) is 23.8 Å². The zero-order valence-electron chi connectivity index (χ0n) is 8.73. The van der Waals surface area contributed by atoms with Crippen LogP contribution in [0.1, 0.15) is 5.56 Å². The number of hydrogen-bond donors (Lipinski definition) is 5. The van der Waals surface area contributed by atoms with Gasteiger partial charge in [-0.1, -0.05) is 0 Å². The summed E-state index contributed by atoms with van der Waals surface area (Å²) in [5, 5.41) is 27.7. The number of phenols is 1. The number of nitrogens with one attached hydrogen (secondary N) is 2. The Morgan fingerprint density at radius 3 is 2.59 bits per heavy atom. The number of aliphatic carboxylic acids is 1. The van der Waals surface area contributed by atoms with E-state index >= 15 is 0 Å². The first-order valence-electron chi connectivity index (χ1n) is 4.59. The van der Waals surface area contributed by atoms with Crippen LogP contribution in [0.4, 0.5) is 5.69 Å². The van der Waals surface area contributed by atoms with Gasteiger partial charge in [0.05, 0.1) is 0 Å². The van der Waals surface area contributed by atoms with E-state index in [0.29, 0.717) is 0 Å². The third kappa shape index (κ3) is 3.20. The van der Waals surface area contributed by atoms with Crippen LogP contribution in [0.2, 0.25) is 0 Å². The van der Waals surface area contributed by atoms with Crippen LogP contribution in [0.15, 0.2) is 18.2 Å². The van der Waals surface area contributed by atoms with E-state index in [1.807, 2.05) is 0 Å². The molecule has 0 fully saturated rings. The fourth-order valence-corrected chi connectivity index (χ4v) is 1.20. The maximum atomic E-state index is 10.9. The summed E-state index contributed by atoms with van der Waals surface area (Å²) >= 11 is 0. The molecule has 7 nitrogen and oxygen atoms in total. The van der Waals surface area contributed by atoms with Gasteiger partial charge in [-0.05, 0) is 12.1 Å². The van der Waals surface area contributed by atoms with E-state index in [9.17, 15) is 14.7 Å². The minimum Gasteiger partial charge on any atom is -0.508 e. The van der Waals surface area contributed by atoms with Gasteiger partial charge < -0.3 is 21.3 Å². The number of hydrogen-bond acceptors (Lipinski definition) is 5. The molecule has 90 valence electrons. The number of nitrogens with two attached hydrogens (primary N) is 1. The zero-order valence-corrected chi connectivity index (χ0v) is 8.73. The van der Waals surface area contributed by atoms with Gasteiger partial charge in [-0.3, -0.25) is 15.0 Å². The van der Waals surface area contributed by atoms with E-state index in [1.54, 1.807) is 0 Å². The number of benzene rings is 1. The molecular formula is C10H11N3O4. The Bertz CT molecular complexity index is 484. The van der Waals surface area contributed by atoms with Crippen molar-refractivity contribution in [3.8, 4) is 5.75 Å². The predicted molar refractivity (Wildman–Crippen MR) is 60.3 cm³/mol. The largest absolute Gasteiger partial charge is 0.508 e. The second-order valence-corrected chi connectivity index (χ2v) is 3.22. The lowest BCUT2D eigenvalue weighted by atomic mass is 10.1. The molecule has 0 aliphatic carbocycles. The summed E-state index contributed by atoms with van der Waals surface area (Å²) in [6.45, 7) is -0.400. The molecule has 1 rings (SSSR count). The Labute approximate surface area is 96.4 Å². The third-order valence-corrected chi connectivity index (χ3v) is 1.95. The quantitative estimate of drug-likeness (QED) is 0.449. The van der Waals surface area contributed by atoms with Crippen molar-refractivity contribution in [2.75, 3.05) is 11.9 Å². The number of carbonyl (C=O) groups is 2. The summed E-state index contributed by atoms with van der Waals surface area (Å²) in [7, 11) is 0. The maximum absolute atomic E-state index is 10.9. The number of anilines is 1. The standard InChI is InChI=1S/C10H11N3O4/c11-9(10(12)17)6-2-1-5(14)3-7(6)13-4-8(15)16/h1-3,11,13-14H,4H2,(H2,12,17)(H,15,16). The van der Waals surface area contributed by atoms with Crippen LogP contribution in [-0.4, -0.2) is 34.3 Å². The van der Waals surface area contributed by atoms with Gasteiger partial charge in [0.2, 0.25) is 0 Å². The molecule has 0 heterocycles. The van der Waals surface area contributed by atoms with E-state index < -0.39 is 24.1 Å². The number of carbonyl (C=O) groups excluding carboxylic acids is 1. The Hall–Kier alpha value is -2.57. The van der Waals surface area contributed by atoms with Crippen LogP contribution in [0.3, 0.4) is 0 Å². The Morgan fingerprint density at radius 1 is 1.41 bits per heavy atom. The third-order valence-electron chi connectivity index (χ3n) is 1.95. The molecule has 17 heavy (non-hydrogen) atoms. The Kier molecular flexibility index (Phi) is 3.66. The molecule has 0 spiro atoms. The molecular weight excluding hydrogens is 226 g/mol. The van der Waals surface area contributed by atoms with Crippen molar-refractivity contribution in [1.82, 2.24) is 0 Å². The number of phenolic OH excluding ortho intramolecular Hbond substituents is 1. The highest BCUT2D eigenvalue weighted by atomic mass is 16.4. The fourth-order valence-electron chi connectivity index (χ4n) is 1.20. The SMILES string of the molecule is N=C(C(N)=O)c1ccc(O)cc1NCC(=O)O. The summed E-state index contributed by atoms with van der Waals surface area (Å²) in [5.41, 5.74) is 4.80. The molecule has 0 aliphatic rings. The van der Waals surface area contributed by atoms with Crippen LogP contribution < -0.4 is 11.1 Å². The molecule has 6 N–H and O–H groups in total. The molecule has 1 aromatic carbocycles. The van der Waals surface area contributed by atoms with E-state index in [2.05, 4.69) is 5.32 Å². The summed E-state index contributed by atoms with van der Waals surface area (Å²) in [5.74, 6) is -2.15. The summed E-state index contributed by atoms with van der Waals surface area (Å²) < 4.78 is 0. The second kappa shape index (κ2) is 4.97. The van der Waals surface area contributed by atoms with Crippen molar-refractivity contribution in [2.24, 2.45) is 5.73 Å². The monoisotopic (exact) mass is 237 g/mol. The minimum absolute atomic E-state index is 0.112. The number of rotatable bonds is 5. The van der Waals surface area contributed by atoms with Gasteiger partial charge in [0, 0.05) is 17.3 Å². The zero-order chi connectivity index (χ0) is 13.0. The number of amides is 1.